The van der Waals surface area contributed by atoms with Gasteiger partial charge in [-0.2, -0.15) is 0 Å². The number of anilines is 1. The molecule has 0 atom stereocenters. The van der Waals surface area contributed by atoms with Crippen LogP contribution in [0.15, 0.2) is 65.6 Å². The number of sulfonamides is 1. The fraction of sp³-hybridized carbons (Fsp3) is 0.250. The molecule has 2 aliphatic rings. The van der Waals surface area contributed by atoms with Crippen molar-refractivity contribution in [2.45, 2.75) is 30.1 Å². The molecule has 172 valence electrons. The SMILES string of the molecule is CCNS(=O)(=O)c1ccc(-c2cccc(NC(=O)C3(c4ccc5c(c4)OCO5)CC3)n2)cc1.[HH]. The molecule has 2 N–H and O–H groups in total. The van der Waals surface area contributed by atoms with Gasteiger partial charge in [-0.05, 0) is 54.8 Å². The Balaban J connectivity index is 0.00000274. The molecule has 5 rings (SSSR count). The van der Waals surface area contributed by atoms with Crippen molar-refractivity contribution in [3.63, 3.8) is 0 Å². The summed E-state index contributed by atoms with van der Waals surface area (Å²) in [7, 11) is -3.52. The van der Waals surface area contributed by atoms with Gasteiger partial charge in [0.25, 0.3) is 0 Å². The lowest BCUT2D eigenvalue weighted by molar-refractivity contribution is -0.118. The van der Waals surface area contributed by atoms with Crippen LogP contribution in [0, 0.1) is 0 Å². The molecular weight excluding hydrogens is 442 g/mol. The van der Waals surface area contributed by atoms with Crippen LogP contribution < -0.4 is 19.5 Å². The van der Waals surface area contributed by atoms with Gasteiger partial charge in [0.1, 0.15) is 5.82 Å². The largest absolute Gasteiger partial charge is 0.454 e. The van der Waals surface area contributed by atoms with Crippen molar-refractivity contribution in [3.8, 4) is 22.8 Å². The van der Waals surface area contributed by atoms with E-state index in [0.717, 1.165) is 24.0 Å². The monoisotopic (exact) mass is 467 g/mol. The Labute approximate surface area is 193 Å². The van der Waals surface area contributed by atoms with Crippen LogP contribution in [0.25, 0.3) is 11.3 Å². The molecule has 1 aliphatic heterocycles. The van der Waals surface area contributed by atoms with Crippen molar-refractivity contribution in [2.24, 2.45) is 0 Å². The average molecular weight is 468 g/mol. The average Bonchev–Trinajstić information content (AvgIpc) is 3.50. The smallest absolute Gasteiger partial charge is 0.240 e. The number of fused-ring (bicyclic) bond motifs is 1. The van der Waals surface area contributed by atoms with Crippen LogP contribution in [0.3, 0.4) is 0 Å². The lowest BCUT2D eigenvalue weighted by Gasteiger charge is -2.16. The number of hydrogen-bond acceptors (Lipinski definition) is 6. The molecule has 0 bridgehead atoms. The number of hydrogen-bond donors (Lipinski definition) is 2. The number of carbonyl (C=O) groups excluding carboxylic acids is 1. The first-order valence-corrected chi connectivity index (χ1v) is 12.2. The van der Waals surface area contributed by atoms with Crippen LogP contribution in [0.1, 0.15) is 26.8 Å². The third-order valence-electron chi connectivity index (χ3n) is 5.90. The first kappa shape index (κ1) is 21.4. The van der Waals surface area contributed by atoms with E-state index in [2.05, 4.69) is 15.0 Å². The van der Waals surface area contributed by atoms with E-state index in [9.17, 15) is 13.2 Å². The Kier molecular flexibility index (Phi) is 5.30. The highest BCUT2D eigenvalue weighted by molar-refractivity contribution is 7.89. The van der Waals surface area contributed by atoms with E-state index in [-0.39, 0.29) is 19.0 Å². The van der Waals surface area contributed by atoms with E-state index in [1.807, 2.05) is 24.3 Å². The lowest BCUT2D eigenvalue weighted by atomic mass is 9.94. The topological polar surface area (TPSA) is 107 Å². The van der Waals surface area contributed by atoms with Gasteiger partial charge in [0.15, 0.2) is 11.5 Å². The van der Waals surface area contributed by atoms with Crippen molar-refractivity contribution in [3.05, 3.63) is 66.2 Å². The molecule has 33 heavy (non-hydrogen) atoms. The first-order chi connectivity index (χ1) is 15.9. The van der Waals surface area contributed by atoms with Gasteiger partial charge in [0.05, 0.1) is 16.0 Å². The van der Waals surface area contributed by atoms with E-state index in [0.29, 0.717) is 29.6 Å². The summed E-state index contributed by atoms with van der Waals surface area (Å²) < 4.78 is 37.6. The van der Waals surface area contributed by atoms with Crippen LogP contribution in [0.5, 0.6) is 11.5 Å². The molecule has 3 aromatic rings. The summed E-state index contributed by atoms with van der Waals surface area (Å²) in [5.74, 6) is 1.67. The summed E-state index contributed by atoms with van der Waals surface area (Å²) in [4.78, 5) is 17.9. The van der Waals surface area contributed by atoms with Gasteiger partial charge in [0, 0.05) is 13.5 Å². The normalized spacial score (nSPS) is 15.8. The Bertz CT molecular complexity index is 1320. The predicted octanol–water partition coefficient (Wildman–Crippen LogP) is 3.69. The number of pyridine rings is 1. The molecule has 1 aromatic heterocycles. The maximum absolute atomic E-state index is 13.2. The molecule has 9 heteroatoms. The second kappa shape index (κ2) is 8.17. The zero-order chi connectivity index (χ0) is 23.1. The lowest BCUT2D eigenvalue weighted by Crippen LogP contribution is -2.28. The second-order valence-electron chi connectivity index (χ2n) is 8.04. The zero-order valence-electron chi connectivity index (χ0n) is 18.0. The third kappa shape index (κ3) is 4.05. The Morgan fingerprint density at radius 2 is 1.82 bits per heavy atom. The molecule has 1 fully saturated rings. The van der Waals surface area contributed by atoms with Gasteiger partial charge >= 0.3 is 0 Å². The van der Waals surface area contributed by atoms with Gasteiger partial charge in [-0.15, -0.1) is 0 Å². The third-order valence-corrected chi connectivity index (χ3v) is 7.46. The number of amides is 1. The van der Waals surface area contributed by atoms with Crippen molar-refractivity contribution in [1.29, 1.82) is 0 Å². The van der Waals surface area contributed by atoms with Gasteiger partial charge in [0.2, 0.25) is 22.7 Å². The van der Waals surface area contributed by atoms with Gasteiger partial charge in [-0.25, -0.2) is 18.1 Å². The van der Waals surface area contributed by atoms with E-state index >= 15 is 0 Å². The van der Waals surface area contributed by atoms with Crippen LogP contribution in [-0.2, 0) is 20.2 Å². The van der Waals surface area contributed by atoms with Crippen molar-refractivity contribution >= 4 is 21.7 Å². The summed E-state index contributed by atoms with van der Waals surface area (Å²) >= 11 is 0. The summed E-state index contributed by atoms with van der Waals surface area (Å²) in [6, 6.07) is 17.5. The number of carbonyl (C=O) groups is 1. The number of nitrogens with zero attached hydrogens (tertiary/aromatic N) is 1. The van der Waals surface area contributed by atoms with Gasteiger partial charge in [-0.1, -0.05) is 31.2 Å². The maximum atomic E-state index is 13.2. The summed E-state index contributed by atoms with van der Waals surface area (Å²) in [5, 5.41) is 2.95. The standard InChI is InChI=1S/C24H23N3O5S.H2/c1-2-25-33(29,30)18-9-6-16(7-10-18)19-4-3-5-22(26-19)27-23(28)24(12-13-24)17-8-11-20-21(14-17)32-15-31-20;/h3-11,14,25H,2,12-13,15H2,1H3,(H,26,27,28);1H. The van der Waals surface area contributed by atoms with Crippen LogP contribution in [0.4, 0.5) is 5.82 Å². The highest BCUT2D eigenvalue weighted by atomic mass is 32.2. The van der Waals surface area contributed by atoms with Crippen molar-refractivity contribution < 1.29 is 24.1 Å². The summed E-state index contributed by atoms with van der Waals surface area (Å²) in [6.07, 6.45) is 1.50. The fourth-order valence-electron chi connectivity index (χ4n) is 3.95. The highest BCUT2D eigenvalue weighted by Crippen LogP contribution is 2.51. The molecular formula is C24H25N3O5S. The number of aromatic nitrogens is 1. The van der Waals surface area contributed by atoms with E-state index < -0.39 is 15.4 Å². The fourth-order valence-corrected chi connectivity index (χ4v) is 4.99. The quantitative estimate of drug-likeness (QED) is 0.549. The molecule has 2 aromatic carbocycles. The van der Waals surface area contributed by atoms with E-state index in [4.69, 9.17) is 9.47 Å². The van der Waals surface area contributed by atoms with Gasteiger partial charge < -0.3 is 14.8 Å². The Hall–Kier alpha value is -3.43. The van der Waals surface area contributed by atoms with E-state index in [1.54, 1.807) is 43.3 Å². The molecule has 0 saturated heterocycles. The van der Waals surface area contributed by atoms with Crippen molar-refractivity contribution in [2.75, 3.05) is 18.7 Å². The van der Waals surface area contributed by atoms with Crippen LogP contribution in [0.2, 0.25) is 0 Å². The Morgan fingerprint density at radius 1 is 1.06 bits per heavy atom. The minimum absolute atomic E-state index is 0. The Morgan fingerprint density at radius 3 is 2.55 bits per heavy atom. The van der Waals surface area contributed by atoms with E-state index in [1.165, 1.54) is 0 Å². The molecule has 1 saturated carbocycles. The zero-order valence-corrected chi connectivity index (χ0v) is 18.8. The molecule has 2 heterocycles. The maximum Gasteiger partial charge on any atom is 0.240 e. The van der Waals surface area contributed by atoms with Crippen molar-refractivity contribution in [1.82, 2.24) is 9.71 Å². The first-order valence-electron chi connectivity index (χ1n) is 10.7. The van der Waals surface area contributed by atoms with Crippen LogP contribution >= 0.6 is 0 Å². The summed E-state index contributed by atoms with van der Waals surface area (Å²) in [6.45, 7) is 2.24. The predicted molar refractivity (Wildman–Crippen MR) is 125 cm³/mol. The number of nitrogens with one attached hydrogen (secondary N) is 2. The molecule has 1 amide bonds. The minimum atomic E-state index is -3.52. The number of ether oxygens (including phenoxy) is 2. The molecule has 0 spiro atoms. The van der Waals surface area contributed by atoms with Gasteiger partial charge in [-0.3, -0.25) is 4.79 Å². The minimum Gasteiger partial charge on any atom is -0.454 e. The van der Waals surface area contributed by atoms with Crippen LogP contribution in [-0.4, -0.2) is 32.6 Å². The molecule has 0 unspecified atom stereocenters. The highest BCUT2D eigenvalue weighted by Gasteiger charge is 2.51. The molecule has 8 nitrogen and oxygen atoms in total. The number of benzene rings is 2. The molecule has 0 radical (unpaired) electrons. The number of rotatable bonds is 7. The summed E-state index contributed by atoms with van der Waals surface area (Å²) in [5.41, 5.74) is 1.69. The molecule has 1 aliphatic carbocycles. The second-order valence-corrected chi connectivity index (χ2v) is 9.80.